The second-order valence-corrected chi connectivity index (χ2v) is 7.47. The SMILES string of the molecule is CC(C)(C)c1ccccc1O[C@@H](Cc1ccc(Cl)cc1Cl)C(=O)O. The highest BCUT2D eigenvalue weighted by Crippen LogP contribution is 2.32. The Morgan fingerprint density at radius 1 is 1.17 bits per heavy atom. The standard InChI is InChI=1S/C19H20Cl2O3/c1-19(2,3)14-6-4-5-7-16(14)24-17(18(22)23)10-12-8-9-13(20)11-15(12)21/h4-9,11,17H,10H2,1-3H3,(H,22,23)/t17-/m0/s1. The zero-order valence-electron chi connectivity index (χ0n) is 13.8. The maximum Gasteiger partial charge on any atom is 0.345 e. The molecule has 0 saturated carbocycles. The van der Waals surface area contributed by atoms with Gasteiger partial charge in [0, 0.05) is 16.5 Å². The lowest BCUT2D eigenvalue weighted by molar-refractivity contribution is -0.145. The molecule has 0 aliphatic rings. The van der Waals surface area contributed by atoms with Crippen molar-refractivity contribution in [3.63, 3.8) is 0 Å². The quantitative estimate of drug-likeness (QED) is 0.773. The van der Waals surface area contributed by atoms with E-state index < -0.39 is 12.1 Å². The highest BCUT2D eigenvalue weighted by Gasteiger charge is 2.25. The van der Waals surface area contributed by atoms with Gasteiger partial charge in [-0.1, -0.05) is 68.2 Å². The number of hydrogen-bond acceptors (Lipinski definition) is 2. The predicted octanol–water partition coefficient (Wildman–Crippen LogP) is 5.37. The molecule has 2 aromatic rings. The molecule has 0 radical (unpaired) electrons. The van der Waals surface area contributed by atoms with Crippen LogP contribution in [0.15, 0.2) is 42.5 Å². The summed E-state index contributed by atoms with van der Waals surface area (Å²) in [4.78, 5) is 11.7. The summed E-state index contributed by atoms with van der Waals surface area (Å²) in [5.41, 5.74) is 1.48. The average Bonchev–Trinajstić information content (AvgIpc) is 2.48. The van der Waals surface area contributed by atoms with Crippen molar-refractivity contribution in [1.82, 2.24) is 0 Å². The summed E-state index contributed by atoms with van der Waals surface area (Å²) in [5.74, 6) is -0.466. The number of halogens is 2. The maximum absolute atomic E-state index is 11.7. The Morgan fingerprint density at radius 3 is 2.42 bits per heavy atom. The van der Waals surface area contributed by atoms with E-state index in [0.717, 1.165) is 5.56 Å². The molecule has 0 aromatic heterocycles. The van der Waals surface area contributed by atoms with Gasteiger partial charge in [-0.15, -0.1) is 0 Å². The summed E-state index contributed by atoms with van der Waals surface area (Å²) < 4.78 is 5.83. The topological polar surface area (TPSA) is 46.5 Å². The molecule has 128 valence electrons. The third kappa shape index (κ3) is 4.65. The molecule has 2 rings (SSSR count). The van der Waals surface area contributed by atoms with Crippen LogP contribution < -0.4 is 4.74 Å². The van der Waals surface area contributed by atoms with Crippen molar-refractivity contribution in [1.29, 1.82) is 0 Å². The van der Waals surface area contributed by atoms with Crippen LogP contribution in [-0.2, 0) is 16.6 Å². The maximum atomic E-state index is 11.7. The summed E-state index contributed by atoms with van der Waals surface area (Å²) in [6, 6.07) is 12.5. The van der Waals surface area contributed by atoms with E-state index in [9.17, 15) is 9.90 Å². The molecule has 1 N–H and O–H groups in total. The van der Waals surface area contributed by atoms with Crippen LogP contribution in [0.25, 0.3) is 0 Å². The average molecular weight is 367 g/mol. The van der Waals surface area contributed by atoms with Crippen LogP contribution in [0.4, 0.5) is 0 Å². The van der Waals surface area contributed by atoms with Crippen LogP contribution in [0.3, 0.4) is 0 Å². The van der Waals surface area contributed by atoms with Gasteiger partial charge < -0.3 is 9.84 Å². The fourth-order valence-electron chi connectivity index (χ4n) is 2.41. The molecule has 24 heavy (non-hydrogen) atoms. The molecular weight excluding hydrogens is 347 g/mol. The second kappa shape index (κ2) is 7.45. The largest absolute Gasteiger partial charge is 0.478 e. The van der Waals surface area contributed by atoms with Gasteiger partial charge in [-0.2, -0.15) is 0 Å². The lowest BCUT2D eigenvalue weighted by Crippen LogP contribution is -2.30. The molecule has 0 fully saturated rings. The van der Waals surface area contributed by atoms with E-state index in [-0.39, 0.29) is 11.8 Å². The second-order valence-electron chi connectivity index (χ2n) is 6.63. The number of aliphatic carboxylic acids is 1. The number of benzene rings is 2. The Morgan fingerprint density at radius 2 is 1.83 bits per heavy atom. The fourth-order valence-corrected chi connectivity index (χ4v) is 2.89. The summed E-state index contributed by atoms with van der Waals surface area (Å²) >= 11 is 12.0. The van der Waals surface area contributed by atoms with Crippen molar-refractivity contribution in [2.45, 2.75) is 38.7 Å². The van der Waals surface area contributed by atoms with Gasteiger partial charge in [0.1, 0.15) is 5.75 Å². The minimum absolute atomic E-state index is 0.155. The molecule has 1 atom stereocenters. The van der Waals surface area contributed by atoms with Gasteiger partial charge >= 0.3 is 5.97 Å². The lowest BCUT2D eigenvalue weighted by Gasteiger charge is -2.25. The first kappa shape index (κ1) is 18.6. The van der Waals surface area contributed by atoms with Crippen molar-refractivity contribution >= 4 is 29.2 Å². The van der Waals surface area contributed by atoms with Crippen LogP contribution in [-0.4, -0.2) is 17.2 Å². The number of ether oxygens (including phenoxy) is 1. The van der Waals surface area contributed by atoms with E-state index in [0.29, 0.717) is 21.4 Å². The van der Waals surface area contributed by atoms with Gasteiger partial charge in [0.15, 0.2) is 6.10 Å². The summed E-state index contributed by atoms with van der Waals surface area (Å²) in [5, 5.41) is 10.5. The number of para-hydroxylation sites is 1. The zero-order valence-corrected chi connectivity index (χ0v) is 15.4. The Bertz CT molecular complexity index is 736. The van der Waals surface area contributed by atoms with Gasteiger partial charge in [-0.05, 0) is 34.7 Å². The molecule has 0 aliphatic carbocycles. The first-order valence-corrected chi connectivity index (χ1v) is 8.37. The van der Waals surface area contributed by atoms with Crippen molar-refractivity contribution < 1.29 is 14.6 Å². The van der Waals surface area contributed by atoms with E-state index >= 15 is 0 Å². The summed E-state index contributed by atoms with van der Waals surface area (Å²) in [6.45, 7) is 6.17. The fraction of sp³-hybridized carbons (Fsp3) is 0.316. The molecule has 5 heteroatoms. The Kier molecular flexibility index (Phi) is 5.79. The molecule has 0 heterocycles. The van der Waals surface area contributed by atoms with E-state index in [4.69, 9.17) is 27.9 Å². The first-order chi connectivity index (χ1) is 11.2. The molecule has 0 saturated heterocycles. The first-order valence-electron chi connectivity index (χ1n) is 7.61. The molecular formula is C19H20Cl2O3. The molecule has 0 unspecified atom stereocenters. The zero-order chi connectivity index (χ0) is 17.9. The minimum atomic E-state index is -1.04. The molecule has 0 spiro atoms. The Labute approximate surface area is 152 Å². The molecule has 2 aromatic carbocycles. The van der Waals surface area contributed by atoms with Crippen molar-refractivity contribution in [2.75, 3.05) is 0 Å². The van der Waals surface area contributed by atoms with Crippen LogP contribution in [0.5, 0.6) is 5.75 Å². The van der Waals surface area contributed by atoms with E-state index in [1.165, 1.54) is 0 Å². The third-order valence-corrected chi connectivity index (χ3v) is 4.25. The van der Waals surface area contributed by atoms with E-state index in [2.05, 4.69) is 20.8 Å². The number of carbonyl (C=O) groups is 1. The third-order valence-electron chi connectivity index (χ3n) is 3.66. The predicted molar refractivity (Wildman–Crippen MR) is 97.4 cm³/mol. The van der Waals surface area contributed by atoms with Gasteiger partial charge in [-0.25, -0.2) is 4.79 Å². The highest BCUT2D eigenvalue weighted by atomic mass is 35.5. The van der Waals surface area contributed by atoms with Crippen molar-refractivity contribution in [3.8, 4) is 5.75 Å². The molecule has 0 bridgehead atoms. The summed E-state index contributed by atoms with van der Waals surface area (Å²) in [6.07, 6.45) is -0.878. The number of hydrogen-bond donors (Lipinski definition) is 1. The smallest absolute Gasteiger partial charge is 0.345 e. The van der Waals surface area contributed by atoms with Crippen molar-refractivity contribution in [3.05, 3.63) is 63.6 Å². The van der Waals surface area contributed by atoms with Crippen LogP contribution in [0, 0.1) is 0 Å². The Balaban J connectivity index is 2.29. The van der Waals surface area contributed by atoms with Crippen LogP contribution in [0.2, 0.25) is 10.0 Å². The van der Waals surface area contributed by atoms with E-state index in [1.807, 2.05) is 18.2 Å². The van der Waals surface area contributed by atoms with Gasteiger partial charge in [0.2, 0.25) is 0 Å². The van der Waals surface area contributed by atoms with Crippen molar-refractivity contribution in [2.24, 2.45) is 0 Å². The summed E-state index contributed by atoms with van der Waals surface area (Å²) in [7, 11) is 0. The van der Waals surface area contributed by atoms with Gasteiger partial charge in [0.25, 0.3) is 0 Å². The minimum Gasteiger partial charge on any atom is -0.478 e. The van der Waals surface area contributed by atoms with Crippen LogP contribution >= 0.6 is 23.2 Å². The normalized spacial score (nSPS) is 12.7. The molecule has 3 nitrogen and oxygen atoms in total. The van der Waals surface area contributed by atoms with Gasteiger partial charge in [0.05, 0.1) is 0 Å². The van der Waals surface area contributed by atoms with E-state index in [1.54, 1.807) is 24.3 Å². The lowest BCUT2D eigenvalue weighted by atomic mass is 9.86. The van der Waals surface area contributed by atoms with Gasteiger partial charge in [-0.3, -0.25) is 0 Å². The number of carboxylic acids is 1. The highest BCUT2D eigenvalue weighted by molar-refractivity contribution is 6.35. The number of rotatable bonds is 5. The monoisotopic (exact) mass is 366 g/mol. The molecule has 0 aliphatic heterocycles. The number of carboxylic acid groups (broad SMARTS) is 1. The molecule has 0 amide bonds. The Hall–Kier alpha value is -1.71. The van der Waals surface area contributed by atoms with Crippen LogP contribution in [0.1, 0.15) is 31.9 Å².